The molecule has 0 amide bonds. The first-order valence-corrected chi connectivity index (χ1v) is 8.57. The predicted molar refractivity (Wildman–Crippen MR) is 90.1 cm³/mol. The van der Waals surface area contributed by atoms with Gasteiger partial charge in [-0.2, -0.15) is 0 Å². The van der Waals surface area contributed by atoms with E-state index in [1.54, 1.807) is 0 Å². The fourth-order valence-electron chi connectivity index (χ4n) is 5.42. The minimum absolute atomic E-state index is 0. The Labute approximate surface area is 241 Å². The molecule has 0 atom stereocenters. The molecule has 6 heteroatoms. The zero-order chi connectivity index (χ0) is 16.9. The van der Waals surface area contributed by atoms with Crippen LogP contribution in [0, 0.1) is 35.0 Å². The van der Waals surface area contributed by atoms with Crippen LogP contribution in [0.15, 0.2) is 18.2 Å². The van der Waals surface area contributed by atoms with Crippen LogP contribution in [0.1, 0.15) is 67.7 Å². The van der Waals surface area contributed by atoms with E-state index in [0.717, 1.165) is 37.0 Å². The Hall–Kier alpha value is 0.993. The number of carboxylic acid groups (broad SMARTS) is 2. The molecule has 0 spiro atoms. The molecule has 2 N–H and O–H groups in total. The zero-order valence-electron chi connectivity index (χ0n) is 17.4. The first-order valence-electron chi connectivity index (χ1n) is 8.57. The molecule has 4 saturated carbocycles. The number of hydrogen-bond acceptors (Lipinski definition) is 2. The molecule has 0 saturated heterocycles. The summed E-state index contributed by atoms with van der Waals surface area (Å²) < 4.78 is 0. The van der Waals surface area contributed by atoms with Gasteiger partial charge in [-0.1, -0.05) is 11.8 Å². The van der Waals surface area contributed by atoms with Gasteiger partial charge in [-0.15, -0.1) is 0 Å². The summed E-state index contributed by atoms with van der Waals surface area (Å²) in [4.78, 5) is 22.4. The summed E-state index contributed by atoms with van der Waals surface area (Å²) in [6, 6.07) is 4.13. The van der Waals surface area contributed by atoms with Crippen molar-refractivity contribution in [2.75, 3.05) is 0 Å². The Kier molecular flexibility index (Phi) is 8.24. The SMILES string of the molecule is O=C(O)c1cc(C#CC23CC4CC(CC(C4)C2)C3)cc(C(=O)O)c1.[H-].[H-].[K+].[K+]. The van der Waals surface area contributed by atoms with Gasteiger partial charge in [0.05, 0.1) is 11.1 Å². The maximum atomic E-state index is 11.2. The second-order valence-corrected chi connectivity index (χ2v) is 7.86. The second-order valence-electron chi connectivity index (χ2n) is 7.86. The van der Waals surface area contributed by atoms with E-state index in [1.807, 2.05) is 0 Å². The van der Waals surface area contributed by atoms with Crippen LogP contribution in [0.5, 0.6) is 0 Å². The van der Waals surface area contributed by atoms with Gasteiger partial charge in [0.2, 0.25) is 0 Å². The Morgan fingerprint density at radius 3 is 1.69 bits per heavy atom. The molecule has 26 heavy (non-hydrogen) atoms. The molecular formula is C20H22K2O4. The molecule has 0 heterocycles. The van der Waals surface area contributed by atoms with E-state index < -0.39 is 11.9 Å². The predicted octanol–water partition coefficient (Wildman–Crippen LogP) is -2.12. The van der Waals surface area contributed by atoms with Crippen molar-refractivity contribution < 1.29 is 125 Å². The van der Waals surface area contributed by atoms with Gasteiger partial charge in [0.1, 0.15) is 0 Å². The number of aromatic carboxylic acids is 2. The van der Waals surface area contributed by atoms with E-state index in [9.17, 15) is 19.8 Å². The van der Waals surface area contributed by atoms with E-state index in [1.165, 1.54) is 37.5 Å². The Bertz CT molecular complexity index is 734. The maximum absolute atomic E-state index is 11.2. The van der Waals surface area contributed by atoms with Crippen LogP contribution in [0.4, 0.5) is 0 Å². The largest absolute Gasteiger partial charge is 1.00 e. The molecule has 0 aromatic heterocycles. The molecule has 4 fully saturated rings. The molecule has 5 rings (SSSR count). The van der Waals surface area contributed by atoms with E-state index >= 15 is 0 Å². The first kappa shape index (κ1) is 23.3. The summed E-state index contributed by atoms with van der Waals surface area (Å²) in [5.41, 5.74) is 0.509. The van der Waals surface area contributed by atoms with Crippen molar-refractivity contribution in [3.8, 4) is 11.8 Å². The van der Waals surface area contributed by atoms with Crippen LogP contribution in [-0.4, -0.2) is 22.2 Å². The van der Waals surface area contributed by atoms with Gasteiger partial charge in [-0.25, -0.2) is 9.59 Å². The summed E-state index contributed by atoms with van der Waals surface area (Å²) in [6.07, 6.45) is 7.49. The molecule has 1 aromatic rings. The topological polar surface area (TPSA) is 74.6 Å². The third kappa shape index (κ3) is 4.94. The molecule has 128 valence electrons. The molecule has 4 aliphatic carbocycles. The molecule has 4 bridgehead atoms. The second kappa shape index (κ2) is 9.21. The van der Waals surface area contributed by atoms with Crippen molar-refractivity contribution >= 4 is 11.9 Å². The van der Waals surface area contributed by atoms with Crippen molar-refractivity contribution in [2.24, 2.45) is 23.2 Å². The van der Waals surface area contributed by atoms with Crippen molar-refractivity contribution in [1.82, 2.24) is 0 Å². The Morgan fingerprint density at radius 2 is 1.31 bits per heavy atom. The maximum Gasteiger partial charge on any atom is 1.00 e. The van der Waals surface area contributed by atoms with Gasteiger partial charge in [0.15, 0.2) is 0 Å². The van der Waals surface area contributed by atoms with Gasteiger partial charge < -0.3 is 13.1 Å². The minimum atomic E-state index is -1.13. The summed E-state index contributed by atoms with van der Waals surface area (Å²) in [7, 11) is 0. The zero-order valence-corrected chi connectivity index (χ0v) is 21.7. The molecule has 4 nitrogen and oxygen atoms in total. The standard InChI is InChI=1S/C20H20O4.2K.2H/c21-18(22)16-6-12(7-17(8-16)19(23)24)1-2-20-9-13-3-14(10-20)5-15(4-13)11-20;;;;/h6-8,13-15H,3-5,9-11H2,(H,21,22)(H,23,24);;;;/q;2*+1;2*-1. The van der Waals surface area contributed by atoms with Crippen LogP contribution in [0.25, 0.3) is 0 Å². The van der Waals surface area contributed by atoms with Crippen LogP contribution in [-0.2, 0) is 0 Å². The van der Waals surface area contributed by atoms with Gasteiger partial charge in [0, 0.05) is 11.0 Å². The van der Waals surface area contributed by atoms with Gasteiger partial charge in [-0.05, 0) is 74.5 Å². The summed E-state index contributed by atoms with van der Waals surface area (Å²) in [5, 5.41) is 18.3. The fraction of sp³-hybridized carbons (Fsp3) is 0.500. The quantitative estimate of drug-likeness (QED) is 0.437. The summed E-state index contributed by atoms with van der Waals surface area (Å²) in [6.45, 7) is 0. The number of carbonyl (C=O) groups is 2. The van der Waals surface area contributed by atoms with E-state index in [2.05, 4.69) is 11.8 Å². The molecule has 4 aliphatic rings. The minimum Gasteiger partial charge on any atom is -1.00 e. The fourth-order valence-corrected chi connectivity index (χ4v) is 5.42. The van der Waals surface area contributed by atoms with Gasteiger partial charge in [0.25, 0.3) is 0 Å². The van der Waals surface area contributed by atoms with E-state index in [0.29, 0.717) is 5.56 Å². The smallest absolute Gasteiger partial charge is 1.00 e. The van der Waals surface area contributed by atoms with Crippen LogP contribution >= 0.6 is 0 Å². The molecule has 0 aliphatic heterocycles. The number of benzene rings is 1. The van der Waals surface area contributed by atoms with Crippen molar-refractivity contribution in [1.29, 1.82) is 0 Å². The van der Waals surface area contributed by atoms with Crippen molar-refractivity contribution in [3.63, 3.8) is 0 Å². The van der Waals surface area contributed by atoms with E-state index in [4.69, 9.17) is 0 Å². The molecule has 0 unspecified atom stereocenters. The van der Waals surface area contributed by atoms with Crippen LogP contribution in [0.3, 0.4) is 0 Å². The monoisotopic (exact) mass is 404 g/mol. The van der Waals surface area contributed by atoms with Crippen LogP contribution in [0.2, 0.25) is 0 Å². The summed E-state index contributed by atoms with van der Waals surface area (Å²) >= 11 is 0. The average Bonchev–Trinajstić information content (AvgIpc) is 2.51. The first-order chi connectivity index (χ1) is 11.4. The van der Waals surface area contributed by atoms with Crippen molar-refractivity contribution in [2.45, 2.75) is 38.5 Å². The molecule has 0 radical (unpaired) electrons. The third-order valence-corrected chi connectivity index (χ3v) is 5.94. The average molecular weight is 405 g/mol. The third-order valence-electron chi connectivity index (χ3n) is 5.94. The molecular weight excluding hydrogens is 382 g/mol. The van der Waals surface area contributed by atoms with E-state index in [-0.39, 0.29) is 122 Å². The normalized spacial score (nSPS) is 30.4. The Morgan fingerprint density at radius 1 is 0.885 bits per heavy atom. The van der Waals surface area contributed by atoms with Gasteiger partial charge in [-0.3, -0.25) is 0 Å². The summed E-state index contributed by atoms with van der Waals surface area (Å²) in [5.74, 6) is 6.69. The van der Waals surface area contributed by atoms with Crippen LogP contribution < -0.4 is 103 Å². The number of hydrogen-bond donors (Lipinski definition) is 2. The number of carboxylic acids is 2. The molecule has 1 aromatic carbocycles. The number of rotatable bonds is 2. The van der Waals surface area contributed by atoms with Crippen molar-refractivity contribution in [3.05, 3.63) is 34.9 Å². The van der Waals surface area contributed by atoms with Gasteiger partial charge >= 0.3 is 115 Å². The Balaban J connectivity index is 0.00000182.